The predicted molar refractivity (Wildman–Crippen MR) is 185 cm³/mol. The third-order valence-corrected chi connectivity index (χ3v) is 18.4. The maximum absolute atomic E-state index is 3.70. The van der Waals surface area contributed by atoms with E-state index in [-0.39, 0.29) is 10.8 Å². The molecule has 0 atom stereocenters. The predicted octanol–water partition coefficient (Wildman–Crippen LogP) is 11.7. The van der Waals surface area contributed by atoms with Crippen LogP contribution in [-0.4, -0.2) is 3.21 Å². The average molecular weight is 758 g/mol. The number of hydrogen-bond acceptors (Lipinski definition) is 0. The Bertz CT molecular complexity index is 1620. The minimum absolute atomic E-state index is 0.0968. The van der Waals surface area contributed by atoms with Gasteiger partial charge in [0.2, 0.25) is 0 Å². The summed E-state index contributed by atoms with van der Waals surface area (Å²) in [4.78, 5) is 0. The third-order valence-electron chi connectivity index (χ3n) is 8.72. The Morgan fingerprint density at radius 1 is 0.571 bits per heavy atom. The molecule has 2 aliphatic carbocycles. The summed E-state index contributed by atoms with van der Waals surface area (Å²) in [5, 5.41) is 0. The number of allylic oxidation sites excluding steroid dienone is 4. The van der Waals surface area contributed by atoms with Crippen LogP contribution in [0.3, 0.4) is 0 Å². The second-order valence-electron chi connectivity index (χ2n) is 13.7. The van der Waals surface area contributed by atoms with E-state index in [9.17, 15) is 0 Å². The third kappa shape index (κ3) is 5.79. The fourth-order valence-corrected chi connectivity index (χ4v) is 16.3. The monoisotopic (exact) mass is 754 g/mol. The first-order chi connectivity index (χ1) is 19.9. The molecular formula is C39H38Br2Zr. The Morgan fingerprint density at radius 2 is 0.976 bits per heavy atom. The van der Waals surface area contributed by atoms with Gasteiger partial charge in [0.1, 0.15) is 0 Å². The van der Waals surface area contributed by atoms with Crippen molar-refractivity contribution in [1.29, 1.82) is 0 Å². The van der Waals surface area contributed by atoms with Crippen molar-refractivity contribution in [2.45, 2.75) is 59.6 Å². The Balaban J connectivity index is 1.71. The Morgan fingerprint density at radius 3 is 1.36 bits per heavy atom. The summed E-state index contributed by atoms with van der Waals surface area (Å²) >= 11 is 4.73. The van der Waals surface area contributed by atoms with Crippen molar-refractivity contribution in [3.8, 4) is 11.1 Å². The SMILES string of the molecule is CC(C)(C)c1ccc2c(c1)-c1cc(C(C)(C)C)ccc1[CH]2[Zr](=[C](c1ccc(Br)cc1)c1ccc(Br)cc1)[CH]1C=CC=C1. The standard InChI is InChI=1S/C21H25.C13H8Br2.C5H5.Zr/c1-20(2,3)16-9-7-14-11-15-8-10-17(21(4,5)6)13-19(15)18(14)12-16;14-12-5-1-10(2-6-12)9-11-3-7-13(15)8-4-11;1-2-4-5-3-1;/h7-13H,1-6H3;1-8H;1-5H;. The molecule has 0 radical (unpaired) electrons. The molecule has 3 heteroatoms. The quantitative estimate of drug-likeness (QED) is 0.194. The van der Waals surface area contributed by atoms with Crippen LogP contribution >= 0.6 is 31.9 Å². The van der Waals surface area contributed by atoms with E-state index < -0.39 is 21.3 Å². The van der Waals surface area contributed by atoms with Crippen LogP contribution < -0.4 is 0 Å². The maximum atomic E-state index is 3.70. The van der Waals surface area contributed by atoms with E-state index in [1.54, 1.807) is 3.21 Å². The van der Waals surface area contributed by atoms with Crippen LogP contribution in [0.4, 0.5) is 0 Å². The minimum atomic E-state index is -2.66. The van der Waals surface area contributed by atoms with E-state index in [0.29, 0.717) is 7.25 Å². The molecule has 0 fully saturated rings. The molecular weight excluding hydrogens is 719 g/mol. The molecule has 212 valence electrons. The zero-order valence-electron chi connectivity index (χ0n) is 25.3. The van der Waals surface area contributed by atoms with Gasteiger partial charge in [-0.05, 0) is 0 Å². The van der Waals surface area contributed by atoms with Crippen LogP contribution in [0.1, 0.15) is 78.5 Å². The molecule has 0 saturated carbocycles. The molecule has 6 rings (SSSR count). The summed E-state index contributed by atoms with van der Waals surface area (Å²) < 4.78 is 4.71. The van der Waals surface area contributed by atoms with Gasteiger partial charge in [-0.15, -0.1) is 0 Å². The van der Waals surface area contributed by atoms with Crippen LogP contribution in [0.15, 0.2) is 118 Å². The summed E-state index contributed by atoms with van der Waals surface area (Å²) in [5.41, 5.74) is 11.7. The molecule has 0 heterocycles. The molecule has 4 aromatic rings. The molecule has 0 saturated heterocycles. The first-order valence-electron chi connectivity index (χ1n) is 14.8. The number of benzene rings is 4. The van der Waals surface area contributed by atoms with Gasteiger partial charge >= 0.3 is 279 Å². The van der Waals surface area contributed by atoms with Gasteiger partial charge in [0.05, 0.1) is 0 Å². The number of rotatable bonds is 4. The van der Waals surface area contributed by atoms with Crippen LogP contribution in [0, 0.1) is 0 Å². The molecule has 0 unspecified atom stereocenters. The Hall–Kier alpha value is -1.93. The number of hydrogen-bond donors (Lipinski definition) is 0. The summed E-state index contributed by atoms with van der Waals surface area (Å²) in [6.45, 7) is 14.0. The zero-order valence-corrected chi connectivity index (χ0v) is 30.9. The van der Waals surface area contributed by atoms with Crippen molar-refractivity contribution in [1.82, 2.24) is 0 Å². The van der Waals surface area contributed by atoms with Gasteiger partial charge in [0, 0.05) is 0 Å². The van der Waals surface area contributed by atoms with E-state index in [2.05, 4.69) is 183 Å². The Labute approximate surface area is 276 Å². The topological polar surface area (TPSA) is 0 Å². The van der Waals surface area contributed by atoms with E-state index in [4.69, 9.17) is 0 Å². The van der Waals surface area contributed by atoms with Gasteiger partial charge < -0.3 is 0 Å². The fraction of sp³-hybridized carbons (Fsp3) is 0.256. The first kappa shape index (κ1) is 30.1. The summed E-state index contributed by atoms with van der Waals surface area (Å²) in [7, 11) is 0. The average Bonchev–Trinajstić information content (AvgIpc) is 3.58. The van der Waals surface area contributed by atoms with E-state index in [1.807, 2.05) is 0 Å². The van der Waals surface area contributed by atoms with Gasteiger partial charge in [-0.2, -0.15) is 0 Å². The van der Waals surface area contributed by atoms with Crippen molar-refractivity contribution in [3.05, 3.63) is 152 Å². The molecule has 0 aliphatic heterocycles. The fourth-order valence-electron chi connectivity index (χ4n) is 6.39. The van der Waals surface area contributed by atoms with Gasteiger partial charge in [0.25, 0.3) is 0 Å². The zero-order chi connectivity index (χ0) is 29.8. The summed E-state index contributed by atoms with van der Waals surface area (Å²) in [6, 6.07) is 32.9. The molecule has 0 N–H and O–H groups in total. The summed E-state index contributed by atoms with van der Waals surface area (Å²) in [5.74, 6) is 0. The van der Waals surface area contributed by atoms with Crippen LogP contribution in [0.25, 0.3) is 11.1 Å². The van der Waals surface area contributed by atoms with Crippen molar-refractivity contribution in [3.63, 3.8) is 0 Å². The van der Waals surface area contributed by atoms with Gasteiger partial charge in [-0.25, -0.2) is 0 Å². The molecule has 0 aromatic heterocycles. The summed E-state index contributed by atoms with van der Waals surface area (Å²) in [6.07, 6.45) is 9.51. The molecule has 0 amide bonds. The van der Waals surface area contributed by atoms with Crippen molar-refractivity contribution < 1.29 is 21.3 Å². The van der Waals surface area contributed by atoms with Crippen molar-refractivity contribution in [2.75, 3.05) is 0 Å². The normalized spacial score (nSPS) is 14.8. The van der Waals surface area contributed by atoms with Gasteiger partial charge in [-0.1, -0.05) is 0 Å². The Kier molecular flexibility index (Phi) is 8.27. The van der Waals surface area contributed by atoms with Gasteiger partial charge in [-0.3, -0.25) is 0 Å². The molecule has 0 nitrogen and oxygen atoms in total. The van der Waals surface area contributed by atoms with Crippen molar-refractivity contribution >= 4 is 35.1 Å². The van der Waals surface area contributed by atoms with E-state index >= 15 is 0 Å². The van der Waals surface area contributed by atoms with Crippen LogP contribution in [-0.2, 0) is 32.1 Å². The molecule has 0 bridgehead atoms. The number of halogens is 2. The van der Waals surface area contributed by atoms with Gasteiger partial charge in [0.15, 0.2) is 0 Å². The second-order valence-corrected chi connectivity index (χ2v) is 22.0. The van der Waals surface area contributed by atoms with Crippen molar-refractivity contribution in [2.24, 2.45) is 0 Å². The van der Waals surface area contributed by atoms with Crippen LogP contribution in [0.5, 0.6) is 0 Å². The number of fused-ring (bicyclic) bond motifs is 3. The molecule has 42 heavy (non-hydrogen) atoms. The molecule has 0 spiro atoms. The molecule has 2 aliphatic rings. The first-order valence-corrected chi connectivity index (χ1v) is 20.5. The second kappa shape index (κ2) is 11.5. The molecule has 4 aromatic carbocycles. The van der Waals surface area contributed by atoms with E-state index in [1.165, 1.54) is 44.5 Å². The van der Waals surface area contributed by atoms with Crippen LogP contribution in [0.2, 0.25) is 3.63 Å². The van der Waals surface area contributed by atoms with E-state index in [0.717, 1.165) is 8.95 Å².